The standard InChI is InChI=1S/C26H24FN11O/c1-34-15-21(13-31-34)19-8-23(25-20(9-28)12-32-38(25)16-19)35-4-6-36(7-5-35)26(39)30-11-18-2-3-24(29-10-18)37-17-22(27)14-33-37/h2-3,8,10,12-17H,4-7,11H2,1H3,(H,30,39). The van der Waals surface area contributed by atoms with Gasteiger partial charge >= 0.3 is 6.03 Å². The quantitative estimate of drug-likeness (QED) is 0.373. The highest BCUT2D eigenvalue weighted by molar-refractivity contribution is 5.84. The van der Waals surface area contributed by atoms with Crippen LogP contribution < -0.4 is 10.2 Å². The van der Waals surface area contributed by atoms with Crippen LogP contribution in [0.5, 0.6) is 0 Å². The lowest BCUT2D eigenvalue weighted by Gasteiger charge is -2.36. The first kappa shape index (κ1) is 24.1. The maximum absolute atomic E-state index is 13.2. The topological polar surface area (TPSA) is 125 Å². The molecule has 0 unspecified atom stereocenters. The Bertz CT molecular complexity index is 1690. The first-order valence-corrected chi connectivity index (χ1v) is 12.3. The van der Waals surface area contributed by atoms with E-state index < -0.39 is 5.82 Å². The van der Waals surface area contributed by atoms with Gasteiger partial charge in [0, 0.05) is 69.5 Å². The van der Waals surface area contributed by atoms with E-state index in [1.165, 1.54) is 10.9 Å². The summed E-state index contributed by atoms with van der Waals surface area (Å²) in [5, 5.41) is 25.2. The average Bonchev–Trinajstić information content (AvgIpc) is 3.71. The van der Waals surface area contributed by atoms with Crippen molar-refractivity contribution in [3.05, 3.63) is 78.5 Å². The maximum atomic E-state index is 13.2. The Kier molecular flexibility index (Phi) is 6.12. The zero-order chi connectivity index (χ0) is 26.9. The molecule has 6 heterocycles. The molecule has 2 amide bonds. The van der Waals surface area contributed by atoms with Gasteiger partial charge in [-0.1, -0.05) is 6.07 Å². The molecule has 1 aliphatic rings. The lowest BCUT2D eigenvalue weighted by molar-refractivity contribution is 0.194. The molecule has 0 radical (unpaired) electrons. The van der Waals surface area contributed by atoms with Crippen LogP contribution in [0.15, 0.2) is 61.6 Å². The Labute approximate surface area is 222 Å². The number of halogens is 1. The van der Waals surface area contributed by atoms with Crippen LogP contribution in [0.4, 0.5) is 14.9 Å². The minimum atomic E-state index is -0.436. The van der Waals surface area contributed by atoms with Gasteiger partial charge in [-0.15, -0.1) is 0 Å². The number of nitrogens with one attached hydrogen (secondary N) is 1. The van der Waals surface area contributed by atoms with Crippen LogP contribution in [0.1, 0.15) is 11.1 Å². The van der Waals surface area contributed by atoms with Gasteiger partial charge < -0.3 is 15.1 Å². The number of aromatic nitrogens is 7. The Morgan fingerprint density at radius 2 is 1.87 bits per heavy atom. The van der Waals surface area contributed by atoms with E-state index in [1.807, 2.05) is 25.5 Å². The third kappa shape index (κ3) is 4.75. The largest absolute Gasteiger partial charge is 0.366 e. The monoisotopic (exact) mass is 525 g/mol. The molecule has 12 nitrogen and oxygen atoms in total. The molecule has 0 aromatic carbocycles. The molecule has 1 saturated heterocycles. The molecule has 13 heteroatoms. The van der Waals surface area contributed by atoms with Gasteiger partial charge in [-0.3, -0.25) is 4.68 Å². The number of pyridine rings is 2. The van der Waals surface area contributed by atoms with Gasteiger partial charge in [-0.2, -0.15) is 20.6 Å². The predicted molar refractivity (Wildman–Crippen MR) is 139 cm³/mol. The van der Waals surface area contributed by atoms with E-state index in [4.69, 9.17) is 0 Å². The number of carbonyl (C=O) groups is 1. The minimum absolute atomic E-state index is 0.163. The maximum Gasteiger partial charge on any atom is 0.317 e. The van der Waals surface area contributed by atoms with Crippen molar-refractivity contribution in [3.8, 4) is 23.0 Å². The molecule has 1 fully saturated rings. The second-order valence-electron chi connectivity index (χ2n) is 9.24. The molecule has 1 aliphatic heterocycles. The van der Waals surface area contributed by atoms with Gasteiger partial charge in [0.25, 0.3) is 0 Å². The molecule has 0 bridgehead atoms. The lowest BCUT2D eigenvalue weighted by Crippen LogP contribution is -2.51. The highest BCUT2D eigenvalue weighted by Gasteiger charge is 2.24. The Morgan fingerprint density at radius 3 is 2.54 bits per heavy atom. The van der Waals surface area contributed by atoms with Crippen molar-refractivity contribution in [2.24, 2.45) is 7.05 Å². The van der Waals surface area contributed by atoms with E-state index in [1.54, 1.807) is 38.8 Å². The SMILES string of the molecule is Cn1cc(-c2cc(N3CCN(C(=O)NCc4ccc(-n5cc(F)cn5)nc4)CC3)c3c(C#N)cnn3c2)cn1. The first-order chi connectivity index (χ1) is 19.0. The summed E-state index contributed by atoms with van der Waals surface area (Å²) in [6.07, 6.45) is 11.2. The summed E-state index contributed by atoms with van der Waals surface area (Å²) in [4.78, 5) is 21.1. The lowest BCUT2D eigenvalue weighted by atomic mass is 10.1. The molecule has 0 atom stereocenters. The van der Waals surface area contributed by atoms with Crippen LogP contribution >= 0.6 is 0 Å². The van der Waals surface area contributed by atoms with Gasteiger partial charge in [0.2, 0.25) is 0 Å². The number of piperazine rings is 1. The summed E-state index contributed by atoms with van der Waals surface area (Å²) in [5.41, 5.74) is 4.85. The van der Waals surface area contributed by atoms with Gasteiger partial charge in [0.05, 0.1) is 36.0 Å². The van der Waals surface area contributed by atoms with Gasteiger partial charge in [-0.25, -0.2) is 23.4 Å². The van der Waals surface area contributed by atoms with Gasteiger partial charge in [0.1, 0.15) is 11.6 Å². The zero-order valence-electron chi connectivity index (χ0n) is 21.1. The molecule has 5 aromatic rings. The van der Waals surface area contributed by atoms with Crippen molar-refractivity contribution >= 4 is 17.2 Å². The average molecular weight is 526 g/mol. The smallest absolute Gasteiger partial charge is 0.317 e. The number of rotatable bonds is 5. The van der Waals surface area contributed by atoms with E-state index in [2.05, 4.69) is 42.6 Å². The minimum Gasteiger partial charge on any atom is -0.366 e. The fraction of sp³-hybridized carbons (Fsp3) is 0.231. The number of carbonyl (C=O) groups excluding carboxylic acids is 1. The summed E-state index contributed by atoms with van der Waals surface area (Å²) in [6, 6.07) is 7.67. The molecular weight excluding hydrogens is 501 g/mol. The van der Waals surface area contributed by atoms with Crippen LogP contribution in [0.2, 0.25) is 0 Å². The molecule has 196 valence electrons. The fourth-order valence-electron chi connectivity index (χ4n) is 4.67. The number of amides is 2. The highest BCUT2D eigenvalue weighted by atomic mass is 19.1. The first-order valence-electron chi connectivity index (χ1n) is 12.3. The van der Waals surface area contributed by atoms with Gasteiger partial charge in [-0.05, 0) is 17.7 Å². The van der Waals surface area contributed by atoms with Crippen LogP contribution in [0.3, 0.4) is 0 Å². The van der Waals surface area contributed by atoms with Crippen molar-refractivity contribution in [2.75, 3.05) is 31.1 Å². The normalized spacial score (nSPS) is 13.6. The van der Waals surface area contributed by atoms with E-state index in [-0.39, 0.29) is 6.03 Å². The summed E-state index contributed by atoms with van der Waals surface area (Å²) >= 11 is 0. The van der Waals surface area contributed by atoms with Crippen molar-refractivity contribution in [1.82, 2.24) is 44.4 Å². The Balaban J connectivity index is 1.12. The third-order valence-electron chi connectivity index (χ3n) is 6.70. The summed E-state index contributed by atoms with van der Waals surface area (Å²) in [7, 11) is 1.87. The number of nitrogens with zero attached hydrogens (tertiary/aromatic N) is 10. The fourth-order valence-corrected chi connectivity index (χ4v) is 4.67. The second kappa shape index (κ2) is 9.90. The third-order valence-corrected chi connectivity index (χ3v) is 6.70. The predicted octanol–water partition coefficient (Wildman–Crippen LogP) is 2.36. The van der Waals surface area contributed by atoms with Crippen molar-refractivity contribution in [2.45, 2.75) is 6.54 Å². The number of aryl methyl sites for hydroxylation is 1. The number of urea groups is 1. The second-order valence-corrected chi connectivity index (χ2v) is 9.24. The van der Waals surface area contributed by atoms with Crippen molar-refractivity contribution in [1.29, 1.82) is 5.26 Å². The molecule has 1 N–H and O–H groups in total. The van der Waals surface area contributed by atoms with Crippen molar-refractivity contribution < 1.29 is 9.18 Å². The molecular formula is C26H24FN11O. The van der Waals surface area contributed by atoms with Crippen LogP contribution in [-0.4, -0.2) is 71.3 Å². The van der Waals surface area contributed by atoms with E-state index in [0.717, 1.165) is 34.1 Å². The highest BCUT2D eigenvalue weighted by Crippen LogP contribution is 2.31. The summed E-state index contributed by atoms with van der Waals surface area (Å²) in [6.45, 7) is 2.56. The molecule has 0 saturated carbocycles. The molecule has 6 rings (SSSR count). The van der Waals surface area contributed by atoms with Crippen LogP contribution in [0, 0.1) is 17.1 Å². The van der Waals surface area contributed by atoms with E-state index >= 15 is 0 Å². The van der Waals surface area contributed by atoms with E-state index in [9.17, 15) is 14.4 Å². The summed E-state index contributed by atoms with van der Waals surface area (Å²) in [5.74, 6) is 0.0547. The molecule has 0 spiro atoms. The van der Waals surface area contributed by atoms with Crippen LogP contribution in [-0.2, 0) is 13.6 Å². The van der Waals surface area contributed by atoms with Crippen LogP contribution in [0.25, 0.3) is 22.5 Å². The van der Waals surface area contributed by atoms with Gasteiger partial charge in [0.15, 0.2) is 11.6 Å². The summed E-state index contributed by atoms with van der Waals surface area (Å²) < 4.78 is 18.0. The number of hydrogen-bond donors (Lipinski definition) is 1. The number of nitriles is 1. The van der Waals surface area contributed by atoms with E-state index in [0.29, 0.717) is 44.1 Å². The number of fused-ring (bicyclic) bond motifs is 1. The van der Waals surface area contributed by atoms with Crippen molar-refractivity contribution in [3.63, 3.8) is 0 Å². The number of anilines is 1. The number of hydrogen-bond acceptors (Lipinski definition) is 7. The molecule has 39 heavy (non-hydrogen) atoms. The molecule has 0 aliphatic carbocycles. The Hall–Kier alpha value is -5.25. The molecule has 5 aromatic heterocycles. The zero-order valence-corrected chi connectivity index (χ0v) is 21.1. The Morgan fingerprint density at radius 1 is 1.03 bits per heavy atom.